The molecule has 1 saturated carbocycles. The molecule has 1 saturated heterocycles. The molecule has 1 unspecified atom stereocenters. The number of thioether (sulfide) groups is 1. The predicted octanol–water partition coefficient (Wildman–Crippen LogP) is 2.68. The van der Waals surface area contributed by atoms with E-state index in [0.717, 1.165) is 11.7 Å². The molecule has 2 nitrogen and oxygen atoms in total. The minimum absolute atomic E-state index is 0.404. The van der Waals surface area contributed by atoms with Crippen LogP contribution in [0.3, 0.4) is 0 Å². The molecule has 2 rings (SSSR count). The number of hydrogen-bond donors (Lipinski definition) is 2. The van der Waals surface area contributed by atoms with Crippen molar-refractivity contribution in [3.63, 3.8) is 0 Å². The predicted molar refractivity (Wildman–Crippen MR) is 76.1 cm³/mol. The number of rotatable bonds is 3. The lowest BCUT2D eigenvalue weighted by Gasteiger charge is -2.25. The lowest BCUT2D eigenvalue weighted by atomic mass is 10.1. The van der Waals surface area contributed by atoms with Crippen LogP contribution in [0.15, 0.2) is 0 Å². The molecule has 2 fully saturated rings. The Hall–Kier alpha value is 0.0400. The zero-order chi connectivity index (χ0) is 11.4. The average molecular weight is 258 g/mol. The van der Waals surface area contributed by atoms with E-state index in [1.807, 2.05) is 0 Å². The minimum Gasteiger partial charge on any atom is -0.361 e. The van der Waals surface area contributed by atoms with E-state index < -0.39 is 0 Å². The second-order valence-corrected chi connectivity index (χ2v) is 7.30. The molecule has 2 N–H and O–H groups in total. The molecule has 2 aliphatic rings. The summed E-state index contributed by atoms with van der Waals surface area (Å²) < 4.78 is 0.404. The van der Waals surface area contributed by atoms with Crippen molar-refractivity contribution in [2.75, 3.05) is 12.3 Å². The maximum Gasteiger partial charge on any atom is 0.166 e. The molecule has 0 spiro atoms. The van der Waals surface area contributed by atoms with Gasteiger partial charge in [-0.15, -0.1) is 0 Å². The normalized spacial score (nSPS) is 30.6. The first-order valence-corrected chi connectivity index (χ1v) is 7.76. The summed E-state index contributed by atoms with van der Waals surface area (Å²) in [6.07, 6.45) is 7.95. The van der Waals surface area contributed by atoms with Gasteiger partial charge in [0.1, 0.15) is 0 Å². The lowest BCUT2D eigenvalue weighted by molar-refractivity contribution is 0.573. The van der Waals surface area contributed by atoms with Crippen LogP contribution in [0.4, 0.5) is 0 Å². The van der Waals surface area contributed by atoms with Crippen molar-refractivity contribution >= 4 is 29.1 Å². The van der Waals surface area contributed by atoms with Gasteiger partial charge in [-0.3, -0.25) is 0 Å². The van der Waals surface area contributed by atoms with Crippen molar-refractivity contribution in [2.24, 2.45) is 0 Å². The Morgan fingerprint density at radius 3 is 2.75 bits per heavy atom. The summed E-state index contributed by atoms with van der Waals surface area (Å²) in [6, 6.07) is 0.629. The van der Waals surface area contributed by atoms with Gasteiger partial charge in [-0.25, -0.2) is 0 Å². The molecule has 92 valence electrons. The summed E-state index contributed by atoms with van der Waals surface area (Å²) in [5.74, 6) is 1.31. The summed E-state index contributed by atoms with van der Waals surface area (Å²) in [4.78, 5) is 0. The lowest BCUT2D eigenvalue weighted by Crippen LogP contribution is -2.45. The molecular weight excluding hydrogens is 236 g/mol. The van der Waals surface area contributed by atoms with Crippen LogP contribution >= 0.6 is 24.0 Å². The van der Waals surface area contributed by atoms with Gasteiger partial charge in [0.25, 0.3) is 0 Å². The van der Waals surface area contributed by atoms with Gasteiger partial charge < -0.3 is 10.6 Å². The standard InChI is InChI=1S/C12H22N2S2/c1-12(7-4-8-16-12)9-13-11(15)14-10-5-2-3-6-10/h10H,2-9H2,1H3,(H2,13,14,15). The Kier molecular flexibility index (Phi) is 4.36. The number of hydrogen-bond acceptors (Lipinski definition) is 2. The summed E-state index contributed by atoms with van der Waals surface area (Å²) >= 11 is 7.42. The first kappa shape index (κ1) is 12.5. The monoisotopic (exact) mass is 258 g/mol. The van der Waals surface area contributed by atoms with Crippen LogP contribution < -0.4 is 10.6 Å². The van der Waals surface area contributed by atoms with E-state index >= 15 is 0 Å². The first-order valence-electron chi connectivity index (χ1n) is 6.36. The van der Waals surface area contributed by atoms with Crippen LogP contribution in [0.1, 0.15) is 45.4 Å². The van der Waals surface area contributed by atoms with E-state index in [0.29, 0.717) is 10.8 Å². The molecule has 16 heavy (non-hydrogen) atoms. The van der Waals surface area contributed by atoms with E-state index in [-0.39, 0.29) is 0 Å². The molecule has 1 aliphatic carbocycles. The molecule has 1 aliphatic heterocycles. The van der Waals surface area contributed by atoms with E-state index in [9.17, 15) is 0 Å². The van der Waals surface area contributed by atoms with E-state index in [4.69, 9.17) is 12.2 Å². The Bertz CT molecular complexity index is 243. The molecule has 0 radical (unpaired) electrons. The molecule has 0 aromatic carbocycles. The van der Waals surface area contributed by atoms with Gasteiger partial charge in [-0.2, -0.15) is 11.8 Å². The highest BCUT2D eigenvalue weighted by molar-refractivity contribution is 8.00. The molecule has 4 heteroatoms. The summed E-state index contributed by atoms with van der Waals surface area (Å²) in [7, 11) is 0. The van der Waals surface area contributed by atoms with Gasteiger partial charge in [0.05, 0.1) is 0 Å². The van der Waals surface area contributed by atoms with Gasteiger partial charge >= 0.3 is 0 Å². The minimum atomic E-state index is 0.404. The van der Waals surface area contributed by atoms with Crippen LogP contribution in [0, 0.1) is 0 Å². The number of nitrogens with one attached hydrogen (secondary N) is 2. The summed E-state index contributed by atoms with van der Waals surface area (Å²) in [5.41, 5.74) is 0. The third-order valence-electron chi connectivity index (χ3n) is 3.61. The van der Waals surface area contributed by atoms with Crippen molar-refractivity contribution in [1.29, 1.82) is 0 Å². The first-order chi connectivity index (χ1) is 7.68. The van der Waals surface area contributed by atoms with Crippen LogP contribution in [-0.4, -0.2) is 28.2 Å². The van der Waals surface area contributed by atoms with Crippen molar-refractivity contribution in [1.82, 2.24) is 10.6 Å². The second kappa shape index (κ2) is 5.58. The van der Waals surface area contributed by atoms with E-state index in [1.165, 1.54) is 44.3 Å². The van der Waals surface area contributed by atoms with Crippen molar-refractivity contribution in [3.05, 3.63) is 0 Å². The van der Waals surface area contributed by atoms with Gasteiger partial charge in [-0.1, -0.05) is 12.8 Å². The third-order valence-corrected chi connectivity index (χ3v) is 5.41. The van der Waals surface area contributed by atoms with Crippen molar-refractivity contribution in [2.45, 2.75) is 56.2 Å². The van der Waals surface area contributed by atoms with Gasteiger partial charge in [-0.05, 0) is 50.6 Å². The Labute approximate surface area is 108 Å². The van der Waals surface area contributed by atoms with Crippen LogP contribution in [0.2, 0.25) is 0 Å². The zero-order valence-corrected chi connectivity index (χ0v) is 11.7. The van der Waals surface area contributed by atoms with Crippen molar-refractivity contribution in [3.8, 4) is 0 Å². The molecular formula is C12H22N2S2. The Morgan fingerprint density at radius 1 is 1.38 bits per heavy atom. The molecule has 0 bridgehead atoms. The smallest absolute Gasteiger partial charge is 0.166 e. The zero-order valence-electron chi connectivity index (χ0n) is 10.1. The second-order valence-electron chi connectivity index (χ2n) is 5.21. The highest BCUT2D eigenvalue weighted by Gasteiger charge is 2.29. The van der Waals surface area contributed by atoms with Crippen LogP contribution in [0.25, 0.3) is 0 Å². The maximum atomic E-state index is 5.34. The number of thiocarbonyl (C=S) groups is 1. The topological polar surface area (TPSA) is 24.1 Å². The van der Waals surface area contributed by atoms with Crippen molar-refractivity contribution < 1.29 is 0 Å². The SMILES string of the molecule is CC1(CNC(=S)NC2CCCC2)CCCS1. The fraction of sp³-hybridized carbons (Fsp3) is 0.917. The van der Waals surface area contributed by atoms with Gasteiger partial charge in [0.2, 0.25) is 0 Å². The molecule has 0 amide bonds. The fourth-order valence-corrected chi connectivity index (χ4v) is 4.03. The highest BCUT2D eigenvalue weighted by Crippen LogP contribution is 2.36. The van der Waals surface area contributed by atoms with Crippen LogP contribution in [0.5, 0.6) is 0 Å². The molecule has 0 aromatic rings. The molecule has 1 heterocycles. The molecule has 0 aromatic heterocycles. The summed E-state index contributed by atoms with van der Waals surface area (Å²) in [6.45, 7) is 3.35. The maximum absolute atomic E-state index is 5.34. The largest absolute Gasteiger partial charge is 0.361 e. The highest BCUT2D eigenvalue weighted by atomic mass is 32.2. The fourth-order valence-electron chi connectivity index (χ4n) is 2.55. The quantitative estimate of drug-likeness (QED) is 0.760. The Morgan fingerprint density at radius 2 is 2.12 bits per heavy atom. The Balaban J connectivity index is 1.66. The molecule has 1 atom stereocenters. The van der Waals surface area contributed by atoms with Gasteiger partial charge in [0, 0.05) is 17.3 Å². The average Bonchev–Trinajstić information content (AvgIpc) is 2.88. The third kappa shape index (κ3) is 3.52. The van der Waals surface area contributed by atoms with Gasteiger partial charge in [0.15, 0.2) is 5.11 Å². The van der Waals surface area contributed by atoms with Crippen LogP contribution in [-0.2, 0) is 0 Å². The summed E-state index contributed by atoms with van der Waals surface area (Å²) in [5, 5.41) is 7.68. The van der Waals surface area contributed by atoms with E-state index in [1.54, 1.807) is 0 Å². The van der Waals surface area contributed by atoms with E-state index in [2.05, 4.69) is 29.3 Å².